The number of aryl methyl sites for hydroxylation is 1. The first-order valence-corrected chi connectivity index (χ1v) is 15.7. The summed E-state index contributed by atoms with van der Waals surface area (Å²) < 4.78 is 2.39. The van der Waals surface area contributed by atoms with E-state index in [1.165, 1.54) is 54.9 Å². The van der Waals surface area contributed by atoms with E-state index in [2.05, 4.69) is 162 Å². The maximum Gasteiger partial charge on any atom is 0.145 e. The van der Waals surface area contributed by atoms with E-state index < -0.39 is 0 Å². The number of imidazole rings is 1. The van der Waals surface area contributed by atoms with Gasteiger partial charge in [-0.2, -0.15) is 0 Å². The van der Waals surface area contributed by atoms with Crippen LogP contribution in [0, 0.1) is 0 Å². The molecule has 45 heavy (non-hydrogen) atoms. The molecule has 0 N–H and O–H groups in total. The molecule has 2 nitrogen and oxygen atoms in total. The molecule has 8 aromatic rings. The van der Waals surface area contributed by atoms with Gasteiger partial charge in [-0.05, 0) is 74.8 Å². The van der Waals surface area contributed by atoms with Crippen LogP contribution in [0.5, 0.6) is 0 Å². The Labute approximate surface area is 262 Å². The Hall–Kier alpha value is -5.73. The molecule has 1 heterocycles. The summed E-state index contributed by atoms with van der Waals surface area (Å²) in [4.78, 5) is 5.61. The zero-order valence-corrected chi connectivity index (χ0v) is 24.8. The molecular weight excluding hydrogens is 544 g/mol. The van der Waals surface area contributed by atoms with Gasteiger partial charge in [0.15, 0.2) is 0 Å². The van der Waals surface area contributed by atoms with Crippen LogP contribution in [0.1, 0.15) is 23.1 Å². The van der Waals surface area contributed by atoms with E-state index in [9.17, 15) is 0 Å². The van der Waals surface area contributed by atoms with Gasteiger partial charge in [0.25, 0.3) is 0 Å². The highest BCUT2D eigenvalue weighted by molar-refractivity contribution is 6.19. The second-order valence-corrected chi connectivity index (χ2v) is 11.9. The topological polar surface area (TPSA) is 17.8 Å². The monoisotopic (exact) mass is 574 g/mol. The lowest BCUT2D eigenvalue weighted by Crippen LogP contribution is -2.02. The molecule has 0 aliphatic heterocycles. The highest BCUT2D eigenvalue weighted by Crippen LogP contribution is 2.46. The molecule has 0 amide bonds. The van der Waals surface area contributed by atoms with Crippen LogP contribution in [-0.4, -0.2) is 9.55 Å². The molecular formula is C43H30N2. The van der Waals surface area contributed by atoms with Crippen molar-refractivity contribution in [1.82, 2.24) is 9.55 Å². The highest BCUT2D eigenvalue weighted by Gasteiger charge is 2.26. The molecule has 1 aliphatic rings. The predicted octanol–water partition coefficient (Wildman–Crippen LogP) is 11.2. The van der Waals surface area contributed by atoms with Crippen LogP contribution in [0.2, 0.25) is 0 Å². The number of rotatable bonds is 4. The Morgan fingerprint density at radius 2 is 1.18 bits per heavy atom. The molecule has 1 aromatic heterocycles. The van der Waals surface area contributed by atoms with Crippen LogP contribution in [0.15, 0.2) is 152 Å². The number of allylic oxidation sites excluding steroid dienone is 1. The van der Waals surface area contributed by atoms with E-state index in [0.29, 0.717) is 0 Å². The van der Waals surface area contributed by atoms with Gasteiger partial charge in [-0.25, -0.2) is 4.98 Å². The largest absolute Gasteiger partial charge is 0.292 e. The third kappa shape index (κ3) is 4.22. The number of nitrogens with zero attached hydrogens (tertiary/aromatic N) is 2. The lowest BCUT2D eigenvalue weighted by molar-refractivity contribution is 1.00. The fourth-order valence-corrected chi connectivity index (χ4v) is 7.20. The van der Waals surface area contributed by atoms with Gasteiger partial charge in [0, 0.05) is 22.4 Å². The van der Waals surface area contributed by atoms with Crippen molar-refractivity contribution in [3.05, 3.63) is 168 Å². The van der Waals surface area contributed by atoms with Crippen molar-refractivity contribution in [2.24, 2.45) is 0 Å². The zero-order valence-electron chi connectivity index (χ0n) is 24.8. The van der Waals surface area contributed by atoms with E-state index in [4.69, 9.17) is 4.98 Å². The summed E-state index contributed by atoms with van der Waals surface area (Å²) in [6.07, 6.45) is 4.40. The van der Waals surface area contributed by atoms with E-state index in [1.807, 2.05) is 0 Å². The van der Waals surface area contributed by atoms with Gasteiger partial charge < -0.3 is 0 Å². The summed E-state index contributed by atoms with van der Waals surface area (Å²) in [6.45, 7) is 0. The second-order valence-electron chi connectivity index (χ2n) is 11.9. The number of aromatic nitrogens is 2. The van der Waals surface area contributed by atoms with Crippen LogP contribution in [0.3, 0.4) is 0 Å². The summed E-state index contributed by atoms with van der Waals surface area (Å²) >= 11 is 0. The predicted molar refractivity (Wildman–Crippen MR) is 190 cm³/mol. The van der Waals surface area contributed by atoms with Gasteiger partial charge in [-0.15, -0.1) is 0 Å². The Morgan fingerprint density at radius 1 is 0.511 bits per heavy atom. The molecule has 7 aromatic carbocycles. The lowest BCUT2D eigenvalue weighted by Gasteiger charge is -2.21. The summed E-state index contributed by atoms with van der Waals surface area (Å²) in [7, 11) is 0. The first-order valence-electron chi connectivity index (χ1n) is 15.7. The lowest BCUT2D eigenvalue weighted by atomic mass is 9.84. The van der Waals surface area contributed by atoms with Crippen molar-refractivity contribution in [3.63, 3.8) is 0 Å². The summed E-state index contributed by atoms with van der Waals surface area (Å²) in [5.74, 6) is 0.951. The van der Waals surface area contributed by atoms with Crippen LogP contribution in [0.4, 0.5) is 0 Å². The Bertz CT molecular complexity index is 2410. The normalized spacial score (nSPS) is 12.8. The van der Waals surface area contributed by atoms with Crippen molar-refractivity contribution < 1.29 is 0 Å². The molecule has 9 rings (SSSR count). The molecule has 0 spiro atoms. The third-order valence-electron chi connectivity index (χ3n) is 9.27. The molecule has 0 saturated carbocycles. The first kappa shape index (κ1) is 25.7. The molecule has 0 fully saturated rings. The van der Waals surface area contributed by atoms with Gasteiger partial charge in [0.1, 0.15) is 5.82 Å². The molecule has 2 heteroatoms. The van der Waals surface area contributed by atoms with Gasteiger partial charge >= 0.3 is 0 Å². The minimum absolute atomic E-state index is 0.951. The van der Waals surface area contributed by atoms with Crippen LogP contribution in [0.25, 0.3) is 72.4 Å². The zero-order chi connectivity index (χ0) is 29.7. The number of hydrogen-bond donors (Lipinski definition) is 0. The van der Waals surface area contributed by atoms with E-state index >= 15 is 0 Å². The van der Waals surface area contributed by atoms with Crippen LogP contribution < -0.4 is 0 Å². The third-order valence-corrected chi connectivity index (χ3v) is 9.27. The molecule has 0 unspecified atom stereocenters. The number of para-hydroxylation sites is 1. The van der Waals surface area contributed by atoms with E-state index in [0.717, 1.165) is 41.0 Å². The Balaban J connectivity index is 1.48. The van der Waals surface area contributed by atoms with Crippen molar-refractivity contribution in [2.75, 3.05) is 0 Å². The quantitative estimate of drug-likeness (QED) is 0.204. The van der Waals surface area contributed by atoms with Crippen molar-refractivity contribution in [1.29, 1.82) is 0 Å². The smallest absolute Gasteiger partial charge is 0.145 e. The highest BCUT2D eigenvalue weighted by atomic mass is 15.1. The first-order chi connectivity index (χ1) is 22.3. The second kappa shape index (κ2) is 10.5. The average molecular weight is 575 g/mol. The number of hydrogen-bond acceptors (Lipinski definition) is 1. The standard InChI is InChI=1S/C43H30N2/c1-3-15-31(16-4-1)43-44-41-39(34-25-23-29-13-7-9-17-32(29)27-34)37-21-11-12-22-38(37)40(42(41)45(43)36-19-5-2-6-20-36)35-26-24-30-14-8-10-18-33(30)28-35/h1-22,24,26-28H,23,25H2. The minimum Gasteiger partial charge on any atom is -0.292 e. The van der Waals surface area contributed by atoms with Crippen molar-refractivity contribution in [3.8, 4) is 28.2 Å². The van der Waals surface area contributed by atoms with Crippen LogP contribution in [-0.2, 0) is 6.42 Å². The summed E-state index contributed by atoms with van der Waals surface area (Å²) in [5, 5.41) is 4.96. The van der Waals surface area contributed by atoms with Gasteiger partial charge in [0.2, 0.25) is 0 Å². The van der Waals surface area contributed by atoms with Gasteiger partial charge in [-0.1, -0.05) is 140 Å². The van der Waals surface area contributed by atoms with Crippen LogP contribution >= 0.6 is 0 Å². The summed E-state index contributed by atoms with van der Waals surface area (Å²) in [6, 6.07) is 54.6. The molecule has 212 valence electrons. The summed E-state index contributed by atoms with van der Waals surface area (Å²) in [5.41, 5.74) is 12.1. The van der Waals surface area contributed by atoms with Crippen molar-refractivity contribution in [2.45, 2.75) is 12.8 Å². The fraction of sp³-hybridized carbons (Fsp3) is 0.0465. The average Bonchev–Trinajstić information content (AvgIpc) is 3.51. The van der Waals surface area contributed by atoms with Crippen molar-refractivity contribution >= 4 is 44.2 Å². The number of benzene rings is 7. The number of fused-ring (bicyclic) bond motifs is 4. The fourth-order valence-electron chi connectivity index (χ4n) is 7.20. The maximum absolute atomic E-state index is 5.61. The van der Waals surface area contributed by atoms with E-state index in [-0.39, 0.29) is 0 Å². The van der Waals surface area contributed by atoms with E-state index in [1.54, 1.807) is 0 Å². The Kier molecular flexibility index (Phi) is 5.99. The van der Waals surface area contributed by atoms with Gasteiger partial charge in [-0.3, -0.25) is 4.57 Å². The van der Waals surface area contributed by atoms with Gasteiger partial charge in [0.05, 0.1) is 11.0 Å². The molecule has 0 bridgehead atoms. The minimum atomic E-state index is 0.951. The Morgan fingerprint density at radius 3 is 2.00 bits per heavy atom. The molecule has 1 aliphatic carbocycles. The SMILES string of the molecule is C1=C(c2c3ccccc3c(-c3ccc4ccccc4c3)c3c2nc(-c2ccccc2)n3-c2ccccc2)CCc2ccccc21. The maximum atomic E-state index is 5.61. The molecule has 0 saturated heterocycles. The molecule has 0 atom stereocenters. The molecule has 0 radical (unpaired) electrons.